The standard InChI is InChI=1S/C17H19Cl3N4O2/c1-11-6-13(22-26-11)9-23-2-4-24(5-3-23)10-16(25)21-17-14(19)7-12(18)8-15(17)20/h6-8H,2-5,9-10H2,1H3,(H,21,25). The number of benzene rings is 1. The van der Waals surface area contributed by atoms with Crippen molar-refractivity contribution >= 4 is 46.4 Å². The highest BCUT2D eigenvalue weighted by Gasteiger charge is 2.21. The fraction of sp³-hybridized carbons (Fsp3) is 0.412. The molecule has 0 saturated carbocycles. The van der Waals surface area contributed by atoms with Gasteiger partial charge < -0.3 is 9.84 Å². The number of amides is 1. The van der Waals surface area contributed by atoms with Crippen molar-refractivity contribution in [3.8, 4) is 0 Å². The molecule has 0 aliphatic carbocycles. The Bertz CT molecular complexity index is 765. The molecule has 1 aliphatic heterocycles. The first-order valence-electron chi connectivity index (χ1n) is 8.22. The van der Waals surface area contributed by atoms with Gasteiger partial charge in [-0.05, 0) is 19.1 Å². The van der Waals surface area contributed by atoms with E-state index in [1.165, 1.54) is 0 Å². The number of piperazine rings is 1. The number of carbonyl (C=O) groups is 1. The third kappa shape index (κ3) is 5.11. The summed E-state index contributed by atoms with van der Waals surface area (Å²) < 4.78 is 5.09. The molecule has 26 heavy (non-hydrogen) atoms. The van der Waals surface area contributed by atoms with E-state index >= 15 is 0 Å². The molecule has 6 nitrogen and oxygen atoms in total. The number of nitrogens with zero attached hydrogens (tertiary/aromatic N) is 3. The second-order valence-electron chi connectivity index (χ2n) is 6.27. The van der Waals surface area contributed by atoms with Gasteiger partial charge in [0, 0.05) is 43.8 Å². The van der Waals surface area contributed by atoms with Crippen LogP contribution in [-0.4, -0.2) is 53.6 Å². The van der Waals surface area contributed by atoms with Crippen LogP contribution in [0.15, 0.2) is 22.7 Å². The molecule has 2 aromatic rings. The van der Waals surface area contributed by atoms with Crippen molar-refractivity contribution in [2.24, 2.45) is 0 Å². The number of carbonyl (C=O) groups excluding carboxylic acids is 1. The summed E-state index contributed by atoms with van der Waals surface area (Å²) in [4.78, 5) is 16.7. The number of hydrogen-bond acceptors (Lipinski definition) is 5. The van der Waals surface area contributed by atoms with Crippen molar-refractivity contribution < 1.29 is 9.32 Å². The molecule has 1 fully saturated rings. The highest BCUT2D eigenvalue weighted by atomic mass is 35.5. The molecular weight excluding hydrogens is 399 g/mol. The molecule has 0 radical (unpaired) electrons. The third-order valence-electron chi connectivity index (χ3n) is 4.17. The summed E-state index contributed by atoms with van der Waals surface area (Å²) in [6, 6.07) is 5.05. The van der Waals surface area contributed by atoms with Crippen LogP contribution in [0.1, 0.15) is 11.5 Å². The smallest absolute Gasteiger partial charge is 0.238 e. The van der Waals surface area contributed by atoms with Crippen molar-refractivity contribution in [2.45, 2.75) is 13.5 Å². The largest absolute Gasteiger partial charge is 0.361 e. The zero-order chi connectivity index (χ0) is 18.7. The molecule has 1 aliphatic rings. The van der Waals surface area contributed by atoms with Crippen LogP contribution in [0.2, 0.25) is 15.1 Å². The molecule has 9 heteroatoms. The number of anilines is 1. The number of halogens is 3. The maximum atomic E-state index is 12.3. The zero-order valence-corrected chi connectivity index (χ0v) is 16.5. The Kier molecular flexibility index (Phi) is 6.42. The lowest BCUT2D eigenvalue weighted by Crippen LogP contribution is -2.48. The number of aryl methyl sites for hydroxylation is 1. The van der Waals surface area contributed by atoms with E-state index in [0.717, 1.165) is 44.2 Å². The Labute approximate surface area is 167 Å². The molecular formula is C17H19Cl3N4O2. The summed E-state index contributed by atoms with van der Waals surface area (Å²) in [7, 11) is 0. The van der Waals surface area contributed by atoms with E-state index < -0.39 is 0 Å². The SMILES string of the molecule is Cc1cc(CN2CCN(CC(=O)Nc3c(Cl)cc(Cl)cc3Cl)CC2)no1. The summed E-state index contributed by atoms with van der Waals surface area (Å²) in [5, 5.41) is 7.86. The second-order valence-corrected chi connectivity index (χ2v) is 7.52. The number of nitrogens with one attached hydrogen (secondary N) is 1. The summed E-state index contributed by atoms with van der Waals surface area (Å²) >= 11 is 18.1. The Hall–Kier alpha value is -1.31. The lowest BCUT2D eigenvalue weighted by atomic mass is 10.2. The van der Waals surface area contributed by atoms with Crippen LogP contribution < -0.4 is 5.32 Å². The lowest BCUT2D eigenvalue weighted by Gasteiger charge is -2.33. The van der Waals surface area contributed by atoms with E-state index in [0.29, 0.717) is 20.8 Å². The van der Waals surface area contributed by atoms with Gasteiger partial charge in [-0.3, -0.25) is 14.6 Å². The van der Waals surface area contributed by atoms with Crippen molar-refractivity contribution in [3.05, 3.63) is 44.7 Å². The molecule has 2 heterocycles. The Morgan fingerprint density at radius 3 is 2.31 bits per heavy atom. The zero-order valence-electron chi connectivity index (χ0n) is 14.3. The van der Waals surface area contributed by atoms with Gasteiger partial charge in [0.15, 0.2) is 0 Å². The van der Waals surface area contributed by atoms with Gasteiger partial charge in [-0.1, -0.05) is 40.0 Å². The van der Waals surface area contributed by atoms with Gasteiger partial charge in [-0.2, -0.15) is 0 Å². The van der Waals surface area contributed by atoms with Crippen molar-refractivity contribution in [1.82, 2.24) is 15.0 Å². The van der Waals surface area contributed by atoms with E-state index in [2.05, 4.69) is 20.3 Å². The first-order valence-corrected chi connectivity index (χ1v) is 9.35. The van der Waals surface area contributed by atoms with Crippen LogP contribution >= 0.6 is 34.8 Å². The van der Waals surface area contributed by atoms with Crippen molar-refractivity contribution in [2.75, 3.05) is 38.0 Å². The topological polar surface area (TPSA) is 61.6 Å². The highest BCUT2D eigenvalue weighted by molar-refractivity contribution is 6.42. The molecule has 1 aromatic heterocycles. The quantitative estimate of drug-likeness (QED) is 0.804. The predicted molar refractivity (Wildman–Crippen MR) is 103 cm³/mol. The van der Waals surface area contributed by atoms with Crippen molar-refractivity contribution in [3.63, 3.8) is 0 Å². The number of aromatic nitrogens is 1. The van der Waals surface area contributed by atoms with Crippen LogP contribution in [0.25, 0.3) is 0 Å². The van der Waals surface area contributed by atoms with Gasteiger partial charge >= 0.3 is 0 Å². The monoisotopic (exact) mass is 416 g/mol. The molecule has 0 unspecified atom stereocenters. The van der Waals surface area contributed by atoms with E-state index in [1.807, 2.05) is 13.0 Å². The first kappa shape index (κ1) is 19.5. The average Bonchev–Trinajstić information content (AvgIpc) is 2.98. The average molecular weight is 418 g/mol. The fourth-order valence-corrected chi connectivity index (χ4v) is 3.78. The highest BCUT2D eigenvalue weighted by Crippen LogP contribution is 2.33. The minimum Gasteiger partial charge on any atom is -0.361 e. The Balaban J connectivity index is 1.48. The maximum absolute atomic E-state index is 12.3. The minimum absolute atomic E-state index is 0.156. The predicted octanol–water partition coefficient (Wildman–Crippen LogP) is 3.70. The Morgan fingerprint density at radius 1 is 1.12 bits per heavy atom. The van der Waals surface area contributed by atoms with Gasteiger partial charge in [0.1, 0.15) is 5.76 Å². The van der Waals surface area contributed by atoms with Crippen LogP contribution in [0.5, 0.6) is 0 Å². The molecule has 1 saturated heterocycles. The Morgan fingerprint density at radius 2 is 1.73 bits per heavy atom. The molecule has 0 atom stereocenters. The van der Waals surface area contributed by atoms with Gasteiger partial charge in [0.05, 0.1) is 28.0 Å². The van der Waals surface area contributed by atoms with Crippen LogP contribution in [0, 0.1) is 6.92 Å². The first-order chi connectivity index (χ1) is 12.4. The van der Waals surface area contributed by atoms with E-state index in [1.54, 1.807) is 12.1 Å². The van der Waals surface area contributed by atoms with Crippen LogP contribution in [0.4, 0.5) is 5.69 Å². The molecule has 0 bridgehead atoms. The summed E-state index contributed by atoms with van der Waals surface area (Å²) in [5.74, 6) is 0.659. The summed E-state index contributed by atoms with van der Waals surface area (Å²) in [5.41, 5.74) is 1.32. The van der Waals surface area contributed by atoms with E-state index in [9.17, 15) is 4.79 Å². The maximum Gasteiger partial charge on any atom is 0.238 e. The summed E-state index contributed by atoms with van der Waals surface area (Å²) in [6.45, 7) is 6.24. The normalized spacial score (nSPS) is 16.0. The van der Waals surface area contributed by atoms with Gasteiger partial charge in [-0.15, -0.1) is 0 Å². The van der Waals surface area contributed by atoms with Crippen LogP contribution in [-0.2, 0) is 11.3 Å². The molecule has 1 N–H and O–H groups in total. The second kappa shape index (κ2) is 8.59. The van der Waals surface area contributed by atoms with Crippen LogP contribution in [0.3, 0.4) is 0 Å². The minimum atomic E-state index is -0.156. The number of hydrogen-bond donors (Lipinski definition) is 1. The summed E-state index contributed by atoms with van der Waals surface area (Å²) in [6.07, 6.45) is 0. The molecule has 1 amide bonds. The van der Waals surface area contributed by atoms with Gasteiger partial charge in [-0.25, -0.2) is 0 Å². The van der Waals surface area contributed by atoms with Gasteiger partial charge in [0.25, 0.3) is 0 Å². The van der Waals surface area contributed by atoms with E-state index in [-0.39, 0.29) is 12.5 Å². The van der Waals surface area contributed by atoms with E-state index in [4.69, 9.17) is 39.3 Å². The molecule has 1 aromatic carbocycles. The fourth-order valence-electron chi connectivity index (χ4n) is 2.87. The third-order valence-corrected chi connectivity index (χ3v) is 4.98. The molecule has 140 valence electrons. The van der Waals surface area contributed by atoms with Crippen molar-refractivity contribution in [1.29, 1.82) is 0 Å². The molecule has 0 spiro atoms. The van der Waals surface area contributed by atoms with Gasteiger partial charge in [0.2, 0.25) is 5.91 Å². The molecule has 3 rings (SSSR count). The number of rotatable bonds is 5. The lowest BCUT2D eigenvalue weighted by molar-refractivity contribution is -0.117.